The van der Waals surface area contributed by atoms with Crippen LogP contribution in [-0.2, 0) is 4.79 Å². The van der Waals surface area contributed by atoms with Crippen LogP contribution in [0.25, 0.3) is 0 Å². The van der Waals surface area contributed by atoms with Crippen LogP contribution >= 0.6 is 0 Å². The number of carbonyl (C=O) groups is 2. The molecule has 2 aliphatic heterocycles. The number of hydrogen-bond acceptors (Lipinski definition) is 3. The fraction of sp³-hybridized carbons (Fsp3) is 0.867. The van der Waals surface area contributed by atoms with Crippen molar-refractivity contribution in [2.24, 2.45) is 5.41 Å². The molecule has 6 nitrogen and oxygen atoms in total. The molecule has 6 heteroatoms. The lowest BCUT2D eigenvalue weighted by molar-refractivity contribution is -0.148. The summed E-state index contributed by atoms with van der Waals surface area (Å²) in [5.41, 5.74) is -0.780. The Morgan fingerprint density at radius 2 is 2.05 bits per heavy atom. The summed E-state index contributed by atoms with van der Waals surface area (Å²) in [6.45, 7) is 3.49. The van der Waals surface area contributed by atoms with E-state index in [1.165, 1.54) is 0 Å². The molecule has 2 fully saturated rings. The molecule has 2 amide bonds. The molecular formula is C15H26N2O4. The Balaban J connectivity index is 2.04. The van der Waals surface area contributed by atoms with Crippen LogP contribution in [-0.4, -0.2) is 64.3 Å². The highest BCUT2D eigenvalue weighted by Crippen LogP contribution is 2.35. The Kier molecular flexibility index (Phi) is 5.08. The summed E-state index contributed by atoms with van der Waals surface area (Å²) in [5.74, 6) is -0.800. The van der Waals surface area contributed by atoms with Crippen LogP contribution in [0.5, 0.6) is 0 Å². The number of carboxylic acid groups (broad SMARTS) is 1. The molecule has 0 aliphatic carbocycles. The Morgan fingerprint density at radius 3 is 2.62 bits per heavy atom. The maximum Gasteiger partial charge on any atom is 0.320 e. The zero-order valence-corrected chi connectivity index (χ0v) is 12.8. The van der Waals surface area contributed by atoms with Crippen LogP contribution in [0.15, 0.2) is 0 Å². The van der Waals surface area contributed by atoms with E-state index in [4.69, 9.17) is 5.11 Å². The smallest absolute Gasteiger partial charge is 0.320 e. The van der Waals surface area contributed by atoms with Gasteiger partial charge in [-0.3, -0.25) is 4.79 Å². The highest BCUT2D eigenvalue weighted by atomic mass is 16.4. The number of aliphatic hydroxyl groups excluding tert-OH is 1. The van der Waals surface area contributed by atoms with Crippen molar-refractivity contribution in [2.75, 3.05) is 26.2 Å². The van der Waals surface area contributed by atoms with Crippen molar-refractivity contribution in [3.05, 3.63) is 0 Å². The average molecular weight is 298 g/mol. The van der Waals surface area contributed by atoms with E-state index in [9.17, 15) is 14.7 Å². The minimum atomic E-state index is -0.800. The van der Waals surface area contributed by atoms with Gasteiger partial charge in [0.15, 0.2) is 0 Å². The van der Waals surface area contributed by atoms with Gasteiger partial charge in [-0.15, -0.1) is 0 Å². The molecule has 0 spiro atoms. The van der Waals surface area contributed by atoms with Crippen LogP contribution in [0.1, 0.15) is 45.4 Å². The topological polar surface area (TPSA) is 81.1 Å². The number of piperidine rings is 1. The molecule has 120 valence electrons. The molecule has 2 unspecified atom stereocenters. The second-order valence-corrected chi connectivity index (χ2v) is 6.25. The minimum absolute atomic E-state index is 0.0512. The number of aliphatic carboxylic acids is 1. The predicted molar refractivity (Wildman–Crippen MR) is 78.0 cm³/mol. The van der Waals surface area contributed by atoms with Gasteiger partial charge in [-0.25, -0.2) is 4.79 Å². The first kappa shape index (κ1) is 16.1. The summed E-state index contributed by atoms with van der Waals surface area (Å²) in [5, 5.41) is 18.6. The van der Waals surface area contributed by atoms with Gasteiger partial charge in [-0.05, 0) is 38.5 Å². The number of carbonyl (C=O) groups excluding carboxylic acids is 1. The largest absolute Gasteiger partial charge is 0.481 e. The van der Waals surface area contributed by atoms with Crippen molar-refractivity contribution >= 4 is 12.0 Å². The van der Waals surface area contributed by atoms with Crippen molar-refractivity contribution in [3.8, 4) is 0 Å². The van der Waals surface area contributed by atoms with Crippen LogP contribution in [0.3, 0.4) is 0 Å². The van der Waals surface area contributed by atoms with Crippen molar-refractivity contribution in [3.63, 3.8) is 0 Å². The SMILES string of the molecule is CCC1(C(=O)O)CCN(C(=O)N2CCCCC2CCO)C1. The molecular weight excluding hydrogens is 272 g/mol. The minimum Gasteiger partial charge on any atom is -0.481 e. The molecule has 2 atom stereocenters. The maximum absolute atomic E-state index is 12.7. The molecule has 2 heterocycles. The molecule has 0 bridgehead atoms. The number of carboxylic acids is 1. The summed E-state index contributed by atoms with van der Waals surface area (Å²) in [7, 11) is 0. The number of rotatable bonds is 4. The standard InChI is InChI=1S/C15H26N2O4/c1-2-15(13(19)20)7-9-16(11-15)14(21)17-8-4-3-5-12(17)6-10-18/h12,18H,2-11H2,1H3,(H,19,20). The normalized spacial score (nSPS) is 29.7. The van der Waals surface area contributed by atoms with E-state index in [0.717, 1.165) is 19.3 Å². The molecule has 2 saturated heterocycles. The van der Waals surface area contributed by atoms with Gasteiger partial charge >= 0.3 is 12.0 Å². The number of hydrogen-bond donors (Lipinski definition) is 2. The summed E-state index contributed by atoms with van der Waals surface area (Å²) in [6.07, 6.45) is 4.69. The van der Waals surface area contributed by atoms with E-state index in [2.05, 4.69) is 0 Å². The van der Waals surface area contributed by atoms with E-state index >= 15 is 0 Å². The van der Waals surface area contributed by atoms with Crippen LogP contribution < -0.4 is 0 Å². The number of urea groups is 1. The summed E-state index contributed by atoms with van der Waals surface area (Å²) in [4.78, 5) is 27.7. The molecule has 0 radical (unpaired) electrons. The third-order valence-corrected chi connectivity index (χ3v) is 5.09. The zero-order valence-electron chi connectivity index (χ0n) is 12.8. The van der Waals surface area contributed by atoms with E-state index in [1.807, 2.05) is 11.8 Å². The third-order valence-electron chi connectivity index (χ3n) is 5.09. The molecule has 0 aromatic heterocycles. The van der Waals surface area contributed by atoms with Crippen LogP contribution in [0.2, 0.25) is 0 Å². The lowest BCUT2D eigenvalue weighted by atomic mass is 9.84. The van der Waals surface area contributed by atoms with Gasteiger partial charge in [-0.1, -0.05) is 6.92 Å². The monoisotopic (exact) mass is 298 g/mol. The van der Waals surface area contributed by atoms with Gasteiger partial charge in [0, 0.05) is 32.3 Å². The summed E-state index contributed by atoms with van der Waals surface area (Å²) < 4.78 is 0. The molecule has 0 aromatic rings. The van der Waals surface area contributed by atoms with Gasteiger partial charge in [0.25, 0.3) is 0 Å². The van der Waals surface area contributed by atoms with Crippen molar-refractivity contribution in [2.45, 2.75) is 51.5 Å². The number of likely N-dealkylation sites (tertiary alicyclic amines) is 2. The Labute approximate surface area is 125 Å². The predicted octanol–water partition coefficient (Wildman–Crippen LogP) is 1.53. The highest BCUT2D eigenvalue weighted by Gasteiger charge is 2.46. The first-order chi connectivity index (χ1) is 10.0. The molecule has 0 aromatic carbocycles. The molecule has 2 aliphatic rings. The van der Waals surface area contributed by atoms with E-state index in [-0.39, 0.29) is 18.7 Å². The number of nitrogens with zero attached hydrogens (tertiary/aromatic N) is 2. The van der Waals surface area contributed by atoms with Crippen LogP contribution in [0.4, 0.5) is 4.79 Å². The van der Waals surface area contributed by atoms with Crippen LogP contribution in [0, 0.1) is 5.41 Å². The quantitative estimate of drug-likeness (QED) is 0.824. The fourth-order valence-corrected chi connectivity index (χ4v) is 3.53. The Morgan fingerprint density at radius 1 is 1.29 bits per heavy atom. The maximum atomic E-state index is 12.7. The molecule has 21 heavy (non-hydrogen) atoms. The lowest BCUT2D eigenvalue weighted by Gasteiger charge is -2.38. The van der Waals surface area contributed by atoms with E-state index in [0.29, 0.717) is 38.9 Å². The first-order valence-electron chi connectivity index (χ1n) is 7.94. The molecule has 2 rings (SSSR count). The summed E-state index contributed by atoms with van der Waals surface area (Å²) >= 11 is 0. The zero-order chi connectivity index (χ0) is 15.5. The van der Waals surface area contributed by atoms with Gasteiger partial charge in [0.2, 0.25) is 0 Å². The van der Waals surface area contributed by atoms with Gasteiger partial charge in [0.1, 0.15) is 0 Å². The van der Waals surface area contributed by atoms with Gasteiger partial charge in [0.05, 0.1) is 5.41 Å². The van der Waals surface area contributed by atoms with Gasteiger partial charge in [-0.2, -0.15) is 0 Å². The summed E-state index contributed by atoms with van der Waals surface area (Å²) in [6, 6.07) is 0.0439. The molecule has 0 saturated carbocycles. The van der Waals surface area contributed by atoms with Crippen molar-refractivity contribution in [1.82, 2.24) is 9.80 Å². The van der Waals surface area contributed by atoms with E-state index < -0.39 is 11.4 Å². The highest BCUT2D eigenvalue weighted by molar-refractivity contribution is 5.80. The van der Waals surface area contributed by atoms with Crippen molar-refractivity contribution < 1.29 is 19.8 Å². The molecule has 2 N–H and O–H groups in total. The van der Waals surface area contributed by atoms with E-state index in [1.54, 1.807) is 4.90 Å². The second-order valence-electron chi connectivity index (χ2n) is 6.25. The number of aliphatic hydroxyl groups is 1. The fourth-order valence-electron chi connectivity index (χ4n) is 3.53. The van der Waals surface area contributed by atoms with Gasteiger partial charge < -0.3 is 20.0 Å². The third kappa shape index (κ3) is 3.15. The Bertz CT molecular complexity index is 399. The average Bonchev–Trinajstić information content (AvgIpc) is 2.93. The second kappa shape index (κ2) is 6.64. The first-order valence-corrected chi connectivity index (χ1v) is 7.94. The number of amides is 2. The Hall–Kier alpha value is -1.30. The lowest BCUT2D eigenvalue weighted by Crippen LogP contribution is -2.50. The van der Waals surface area contributed by atoms with Crippen molar-refractivity contribution in [1.29, 1.82) is 0 Å².